The number of nitrogens with zero attached hydrogens (tertiary/aromatic N) is 1. The molecule has 1 N–H and O–H groups in total. The molecule has 0 saturated heterocycles. The van der Waals surface area contributed by atoms with Gasteiger partial charge in [0.05, 0.1) is 5.56 Å². The first-order chi connectivity index (χ1) is 10.7. The van der Waals surface area contributed by atoms with Crippen molar-refractivity contribution in [3.63, 3.8) is 0 Å². The lowest BCUT2D eigenvalue weighted by atomic mass is 10.1. The molecule has 0 unspecified atom stereocenters. The molecule has 3 nitrogen and oxygen atoms in total. The predicted molar refractivity (Wildman–Crippen MR) is 91.3 cm³/mol. The Morgan fingerprint density at radius 2 is 1.82 bits per heavy atom. The van der Waals surface area contributed by atoms with Gasteiger partial charge in [-0.3, -0.25) is 4.79 Å². The van der Waals surface area contributed by atoms with E-state index in [9.17, 15) is 4.79 Å². The van der Waals surface area contributed by atoms with Crippen molar-refractivity contribution in [1.29, 1.82) is 0 Å². The lowest BCUT2D eigenvalue weighted by molar-refractivity contribution is 0.102. The molecule has 0 aliphatic rings. The van der Waals surface area contributed by atoms with Crippen LogP contribution < -0.4 is 5.32 Å². The fourth-order valence-electron chi connectivity index (χ4n) is 2.76. The van der Waals surface area contributed by atoms with Crippen molar-refractivity contribution in [2.45, 2.75) is 19.8 Å². The SMILES string of the molecule is CCCc1ccc(NC(=O)c2cn(C)c3ccccc23)cc1. The maximum absolute atomic E-state index is 12.5. The predicted octanol–water partition coefficient (Wildman–Crippen LogP) is 4.38. The van der Waals surface area contributed by atoms with Crippen LogP contribution in [-0.4, -0.2) is 10.5 Å². The average molecular weight is 292 g/mol. The van der Waals surface area contributed by atoms with Crippen LogP contribution in [0.3, 0.4) is 0 Å². The number of amides is 1. The van der Waals surface area contributed by atoms with Gasteiger partial charge in [-0.1, -0.05) is 43.7 Å². The largest absolute Gasteiger partial charge is 0.350 e. The molecule has 1 amide bonds. The van der Waals surface area contributed by atoms with E-state index in [0.717, 1.165) is 29.4 Å². The molecule has 22 heavy (non-hydrogen) atoms. The zero-order valence-corrected chi connectivity index (χ0v) is 13.0. The summed E-state index contributed by atoms with van der Waals surface area (Å²) in [6.07, 6.45) is 4.07. The van der Waals surface area contributed by atoms with E-state index < -0.39 is 0 Å². The van der Waals surface area contributed by atoms with Crippen molar-refractivity contribution in [1.82, 2.24) is 4.57 Å². The first kappa shape index (κ1) is 14.4. The second kappa shape index (κ2) is 6.06. The Balaban J connectivity index is 1.84. The number of nitrogens with one attached hydrogen (secondary N) is 1. The maximum atomic E-state index is 12.5. The highest BCUT2D eigenvalue weighted by molar-refractivity contribution is 6.12. The van der Waals surface area contributed by atoms with Crippen molar-refractivity contribution in [2.75, 3.05) is 5.32 Å². The third-order valence-electron chi connectivity index (χ3n) is 3.89. The zero-order valence-electron chi connectivity index (χ0n) is 13.0. The summed E-state index contributed by atoms with van der Waals surface area (Å²) < 4.78 is 1.98. The number of rotatable bonds is 4. The van der Waals surface area contributed by atoms with Gasteiger partial charge in [-0.15, -0.1) is 0 Å². The van der Waals surface area contributed by atoms with Crippen molar-refractivity contribution < 1.29 is 4.79 Å². The van der Waals surface area contributed by atoms with E-state index in [1.165, 1.54) is 5.56 Å². The highest BCUT2D eigenvalue weighted by Gasteiger charge is 2.13. The molecular weight excluding hydrogens is 272 g/mol. The number of para-hydroxylation sites is 1. The Kier molecular flexibility index (Phi) is 3.96. The molecule has 2 aromatic carbocycles. The van der Waals surface area contributed by atoms with Gasteiger partial charge in [0.1, 0.15) is 0 Å². The van der Waals surface area contributed by atoms with E-state index in [1.54, 1.807) is 0 Å². The zero-order chi connectivity index (χ0) is 15.5. The van der Waals surface area contributed by atoms with Crippen LogP contribution in [0.1, 0.15) is 29.3 Å². The highest BCUT2D eigenvalue weighted by atomic mass is 16.1. The van der Waals surface area contributed by atoms with Crippen LogP contribution >= 0.6 is 0 Å². The summed E-state index contributed by atoms with van der Waals surface area (Å²) in [5.74, 6) is -0.0694. The van der Waals surface area contributed by atoms with Crippen LogP contribution in [0.4, 0.5) is 5.69 Å². The smallest absolute Gasteiger partial charge is 0.257 e. The van der Waals surface area contributed by atoms with Crippen LogP contribution in [0, 0.1) is 0 Å². The number of hydrogen-bond acceptors (Lipinski definition) is 1. The summed E-state index contributed by atoms with van der Waals surface area (Å²) in [7, 11) is 1.96. The van der Waals surface area contributed by atoms with Gasteiger partial charge >= 0.3 is 0 Å². The number of benzene rings is 2. The summed E-state index contributed by atoms with van der Waals surface area (Å²) in [6, 6.07) is 16.0. The molecule has 0 aliphatic carbocycles. The molecule has 0 bridgehead atoms. The van der Waals surface area contributed by atoms with Crippen molar-refractivity contribution in [3.8, 4) is 0 Å². The maximum Gasteiger partial charge on any atom is 0.257 e. The molecule has 3 aromatic rings. The Labute approximate surface area is 130 Å². The summed E-state index contributed by atoms with van der Waals surface area (Å²) >= 11 is 0. The monoisotopic (exact) mass is 292 g/mol. The molecule has 1 aromatic heterocycles. The van der Waals surface area contributed by atoms with E-state index in [2.05, 4.69) is 24.4 Å². The van der Waals surface area contributed by atoms with E-state index in [0.29, 0.717) is 5.56 Å². The Bertz CT molecular complexity index is 800. The summed E-state index contributed by atoms with van der Waals surface area (Å²) in [6.45, 7) is 2.16. The van der Waals surface area contributed by atoms with Crippen LogP contribution in [0.15, 0.2) is 54.7 Å². The van der Waals surface area contributed by atoms with Gasteiger partial charge in [0.2, 0.25) is 0 Å². The van der Waals surface area contributed by atoms with Crippen molar-refractivity contribution >= 4 is 22.5 Å². The minimum absolute atomic E-state index is 0.0694. The van der Waals surface area contributed by atoms with E-state index in [1.807, 2.05) is 54.2 Å². The third-order valence-corrected chi connectivity index (χ3v) is 3.89. The first-order valence-electron chi connectivity index (χ1n) is 7.63. The number of carbonyl (C=O) groups excluding carboxylic acids is 1. The Morgan fingerprint density at radius 3 is 2.55 bits per heavy atom. The minimum Gasteiger partial charge on any atom is -0.350 e. The molecule has 3 heteroatoms. The standard InChI is InChI=1S/C19H20N2O/c1-3-6-14-9-11-15(12-10-14)20-19(22)17-13-21(2)18-8-5-4-7-16(17)18/h4-5,7-13H,3,6H2,1-2H3,(H,20,22). The quantitative estimate of drug-likeness (QED) is 0.760. The van der Waals surface area contributed by atoms with Gasteiger partial charge in [0.15, 0.2) is 0 Å². The van der Waals surface area contributed by atoms with Crippen LogP contribution in [-0.2, 0) is 13.5 Å². The summed E-state index contributed by atoms with van der Waals surface area (Å²) in [5.41, 5.74) is 3.89. The molecule has 112 valence electrons. The Hall–Kier alpha value is -2.55. The minimum atomic E-state index is -0.0694. The number of fused-ring (bicyclic) bond motifs is 1. The molecule has 0 fully saturated rings. The number of aryl methyl sites for hydroxylation is 2. The molecule has 0 atom stereocenters. The topological polar surface area (TPSA) is 34.0 Å². The van der Waals surface area contributed by atoms with Crippen LogP contribution in [0.2, 0.25) is 0 Å². The summed E-state index contributed by atoms with van der Waals surface area (Å²) in [5, 5.41) is 3.96. The molecule has 0 spiro atoms. The van der Waals surface area contributed by atoms with E-state index >= 15 is 0 Å². The summed E-state index contributed by atoms with van der Waals surface area (Å²) in [4.78, 5) is 12.5. The lowest BCUT2D eigenvalue weighted by Gasteiger charge is -2.05. The first-order valence-corrected chi connectivity index (χ1v) is 7.63. The van der Waals surface area contributed by atoms with Crippen molar-refractivity contribution in [2.24, 2.45) is 7.05 Å². The Morgan fingerprint density at radius 1 is 1.09 bits per heavy atom. The van der Waals surface area contributed by atoms with Gasteiger partial charge in [-0.2, -0.15) is 0 Å². The fraction of sp³-hybridized carbons (Fsp3) is 0.211. The fourth-order valence-corrected chi connectivity index (χ4v) is 2.76. The molecule has 0 saturated carbocycles. The highest BCUT2D eigenvalue weighted by Crippen LogP contribution is 2.21. The third kappa shape index (κ3) is 2.75. The molecule has 0 aliphatic heterocycles. The molecule has 1 heterocycles. The second-order valence-electron chi connectivity index (χ2n) is 5.57. The number of aromatic nitrogens is 1. The van der Waals surface area contributed by atoms with E-state index in [4.69, 9.17) is 0 Å². The van der Waals surface area contributed by atoms with Gasteiger partial charge in [0.25, 0.3) is 5.91 Å². The van der Waals surface area contributed by atoms with Crippen LogP contribution in [0.25, 0.3) is 10.9 Å². The molecule has 3 rings (SSSR count). The average Bonchev–Trinajstić information content (AvgIpc) is 2.87. The number of carbonyl (C=O) groups is 1. The van der Waals surface area contributed by atoms with E-state index in [-0.39, 0.29) is 5.91 Å². The number of anilines is 1. The van der Waals surface area contributed by atoms with Gasteiger partial charge in [0, 0.05) is 29.8 Å². The lowest BCUT2D eigenvalue weighted by Crippen LogP contribution is -2.11. The van der Waals surface area contributed by atoms with Gasteiger partial charge < -0.3 is 9.88 Å². The molecular formula is C19H20N2O. The normalized spacial score (nSPS) is 10.8. The van der Waals surface area contributed by atoms with Gasteiger partial charge in [-0.25, -0.2) is 0 Å². The van der Waals surface area contributed by atoms with Crippen LogP contribution in [0.5, 0.6) is 0 Å². The number of hydrogen-bond donors (Lipinski definition) is 1. The second-order valence-corrected chi connectivity index (χ2v) is 5.57. The van der Waals surface area contributed by atoms with Crippen molar-refractivity contribution in [3.05, 3.63) is 65.9 Å². The van der Waals surface area contributed by atoms with Gasteiger partial charge in [-0.05, 0) is 30.2 Å². The molecule has 0 radical (unpaired) electrons.